The average Bonchev–Trinajstić information content (AvgIpc) is 3.03. The highest BCUT2D eigenvalue weighted by molar-refractivity contribution is 6.21. The Hall–Kier alpha value is -2.63. The van der Waals surface area contributed by atoms with Crippen molar-refractivity contribution in [3.63, 3.8) is 0 Å². The maximum atomic E-state index is 12.7. The predicted octanol–water partition coefficient (Wildman–Crippen LogP) is 1.96. The third-order valence-corrected chi connectivity index (χ3v) is 4.51. The second-order valence-electron chi connectivity index (χ2n) is 5.44. The zero-order chi connectivity index (χ0) is 14.9. The summed E-state index contributed by atoms with van der Waals surface area (Å²) in [6, 6.07) is 0. The maximum Gasteiger partial charge on any atom is 0.271 e. The number of ketones is 1. The van der Waals surface area contributed by atoms with Gasteiger partial charge in [-0.25, -0.2) is 4.98 Å². The second-order valence-corrected chi connectivity index (χ2v) is 5.44. The molecule has 2 aromatic heterocycles. The summed E-state index contributed by atoms with van der Waals surface area (Å²) in [5.74, 6) is 0.278. The van der Waals surface area contributed by atoms with Crippen molar-refractivity contribution in [1.82, 2.24) is 24.8 Å². The summed E-state index contributed by atoms with van der Waals surface area (Å²) in [4.78, 5) is 21.1. The molecular weight excluding hydrogens is 266 g/mol. The van der Waals surface area contributed by atoms with Crippen molar-refractivity contribution < 1.29 is 4.79 Å². The van der Waals surface area contributed by atoms with Crippen LogP contribution in [0.15, 0.2) is 6.33 Å². The zero-order valence-corrected chi connectivity index (χ0v) is 12.2. The van der Waals surface area contributed by atoms with Gasteiger partial charge in [-0.2, -0.15) is 4.98 Å². The smallest absolute Gasteiger partial charge is 0.271 e. The molecule has 0 unspecified atom stereocenters. The van der Waals surface area contributed by atoms with Gasteiger partial charge >= 0.3 is 0 Å². The fourth-order valence-corrected chi connectivity index (χ4v) is 3.01. The van der Waals surface area contributed by atoms with Gasteiger partial charge in [-0.15, -0.1) is 14.8 Å². The molecule has 0 fully saturated rings. The van der Waals surface area contributed by atoms with Gasteiger partial charge < -0.3 is 0 Å². The molecule has 4 rings (SSSR count). The highest BCUT2D eigenvalue weighted by Gasteiger charge is 2.35. The van der Waals surface area contributed by atoms with E-state index in [0.29, 0.717) is 17.2 Å². The van der Waals surface area contributed by atoms with Gasteiger partial charge in [0.05, 0.1) is 0 Å². The summed E-state index contributed by atoms with van der Waals surface area (Å²) < 4.78 is 1.37. The van der Waals surface area contributed by atoms with Crippen LogP contribution in [-0.4, -0.2) is 30.6 Å². The molecule has 3 aromatic rings. The maximum absolute atomic E-state index is 12.7. The normalized spacial score (nSPS) is 12.9. The fourth-order valence-electron chi connectivity index (χ4n) is 3.01. The van der Waals surface area contributed by atoms with Crippen LogP contribution < -0.4 is 0 Å². The average molecular weight is 279 g/mol. The number of carbonyl (C=O) groups is 1. The van der Waals surface area contributed by atoms with Crippen LogP contribution in [0.2, 0.25) is 0 Å². The summed E-state index contributed by atoms with van der Waals surface area (Å²) in [5, 5.41) is 8.45. The first-order valence-electron chi connectivity index (χ1n) is 6.74. The summed E-state index contributed by atoms with van der Waals surface area (Å²) >= 11 is 0. The molecule has 1 aliphatic carbocycles. The number of hydrogen-bond acceptors (Lipinski definition) is 5. The van der Waals surface area contributed by atoms with Gasteiger partial charge in [0.25, 0.3) is 5.78 Å². The molecule has 0 atom stereocenters. The molecule has 0 bridgehead atoms. The number of hydrogen-bond donors (Lipinski definition) is 0. The Morgan fingerprint density at radius 3 is 2.29 bits per heavy atom. The monoisotopic (exact) mass is 279 g/mol. The van der Waals surface area contributed by atoms with Gasteiger partial charge in [0, 0.05) is 11.1 Å². The minimum Gasteiger partial charge on any atom is -0.287 e. The van der Waals surface area contributed by atoms with Crippen molar-refractivity contribution >= 4 is 11.6 Å². The number of carbonyl (C=O) groups excluding carboxylic acids is 1. The minimum absolute atomic E-state index is 0.0679. The van der Waals surface area contributed by atoms with Crippen molar-refractivity contribution in [2.75, 3.05) is 0 Å². The van der Waals surface area contributed by atoms with Gasteiger partial charge in [0.15, 0.2) is 0 Å². The van der Waals surface area contributed by atoms with Crippen molar-refractivity contribution in [2.45, 2.75) is 27.7 Å². The Labute approximate surface area is 120 Å². The summed E-state index contributed by atoms with van der Waals surface area (Å²) in [5.41, 5.74) is 7.01. The molecule has 0 amide bonds. The lowest BCUT2D eigenvalue weighted by molar-refractivity contribution is 0.103. The Morgan fingerprint density at radius 1 is 0.905 bits per heavy atom. The quantitative estimate of drug-likeness (QED) is 0.492. The molecule has 104 valence electrons. The van der Waals surface area contributed by atoms with Crippen molar-refractivity contribution in [3.05, 3.63) is 39.8 Å². The molecular formula is C15H13N5O. The summed E-state index contributed by atoms with van der Waals surface area (Å²) in [6.45, 7) is 8.12. The van der Waals surface area contributed by atoms with Gasteiger partial charge in [-0.3, -0.25) is 4.79 Å². The fraction of sp³-hybridized carbons (Fsp3) is 0.267. The van der Waals surface area contributed by atoms with Crippen molar-refractivity contribution in [1.29, 1.82) is 0 Å². The van der Waals surface area contributed by atoms with Gasteiger partial charge in [0.1, 0.15) is 17.7 Å². The predicted molar refractivity (Wildman–Crippen MR) is 76.4 cm³/mol. The topological polar surface area (TPSA) is 73.0 Å². The van der Waals surface area contributed by atoms with Crippen LogP contribution in [-0.2, 0) is 0 Å². The van der Waals surface area contributed by atoms with E-state index in [1.165, 1.54) is 16.5 Å². The van der Waals surface area contributed by atoms with Crippen LogP contribution in [0, 0.1) is 27.7 Å². The zero-order valence-electron chi connectivity index (χ0n) is 12.2. The standard InChI is InChI=1S/C15H13N5O/c1-6-7(2)9(4)11-10(8(6)3)12-13(14(11)21)18-15-16-5-17-20(15)19-12/h5H,1-4H3. The molecule has 6 heteroatoms. The first-order chi connectivity index (χ1) is 10.0. The molecule has 0 spiro atoms. The van der Waals surface area contributed by atoms with E-state index in [0.717, 1.165) is 27.8 Å². The van der Waals surface area contributed by atoms with E-state index in [-0.39, 0.29) is 5.78 Å². The lowest BCUT2D eigenvalue weighted by atomic mass is 9.90. The molecule has 0 N–H and O–H groups in total. The first-order valence-corrected chi connectivity index (χ1v) is 6.74. The summed E-state index contributed by atoms with van der Waals surface area (Å²) in [6.07, 6.45) is 1.38. The number of aromatic nitrogens is 5. The van der Waals surface area contributed by atoms with Gasteiger partial charge in [-0.1, -0.05) is 0 Å². The van der Waals surface area contributed by atoms with Crippen molar-refractivity contribution in [3.8, 4) is 11.3 Å². The Bertz CT molecular complexity index is 955. The molecule has 0 saturated carbocycles. The van der Waals surface area contributed by atoms with E-state index < -0.39 is 0 Å². The largest absolute Gasteiger partial charge is 0.287 e. The Balaban J connectivity index is 2.19. The van der Waals surface area contributed by atoms with Gasteiger partial charge in [0.2, 0.25) is 5.78 Å². The van der Waals surface area contributed by atoms with Gasteiger partial charge in [-0.05, 0) is 49.9 Å². The van der Waals surface area contributed by atoms with E-state index in [1.54, 1.807) is 0 Å². The molecule has 0 aliphatic heterocycles. The number of rotatable bonds is 0. The second kappa shape index (κ2) is 3.72. The Morgan fingerprint density at radius 2 is 1.57 bits per heavy atom. The number of nitrogens with zero attached hydrogens (tertiary/aromatic N) is 5. The molecule has 0 radical (unpaired) electrons. The Kier molecular flexibility index (Phi) is 2.15. The number of benzene rings is 1. The highest BCUT2D eigenvalue weighted by Crippen LogP contribution is 2.40. The van der Waals surface area contributed by atoms with Crippen LogP contribution in [0.5, 0.6) is 0 Å². The molecule has 2 heterocycles. The molecule has 21 heavy (non-hydrogen) atoms. The molecule has 0 saturated heterocycles. The molecule has 1 aliphatic rings. The first kappa shape index (κ1) is 12.1. The lowest BCUT2D eigenvalue weighted by Gasteiger charge is -2.14. The van der Waals surface area contributed by atoms with E-state index in [1.807, 2.05) is 20.8 Å². The molecule has 1 aromatic carbocycles. The van der Waals surface area contributed by atoms with Crippen LogP contribution in [0.1, 0.15) is 38.3 Å². The van der Waals surface area contributed by atoms with Crippen LogP contribution in [0.4, 0.5) is 0 Å². The lowest BCUT2D eigenvalue weighted by Crippen LogP contribution is -2.05. The molecule has 6 nitrogen and oxygen atoms in total. The van der Waals surface area contributed by atoms with E-state index in [4.69, 9.17) is 0 Å². The third kappa shape index (κ3) is 1.34. The highest BCUT2D eigenvalue weighted by atomic mass is 16.1. The summed E-state index contributed by atoms with van der Waals surface area (Å²) in [7, 11) is 0. The number of fused-ring (bicyclic) bond motifs is 4. The minimum atomic E-state index is -0.0679. The SMILES string of the molecule is Cc1c(C)c(C)c2c(c1C)C(=O)c1nc3ncnn3nc1-2. The van der Waals surface area contributed by atoms with E-state index >= 15 is 0 Å². The van der Waals surface area contributed by atoms with E-state index in [9.17, 15) is 4.79 Å². The third-order valence-electron chi connectivity index (χ3n) is 4.51. The van der Waals surface area contributed by atoms with E-state index in [2.05, 4.69) is 27.1 Å². The van der Waals surface area contributed by atoms with Crippen LogP contribution in [0.3, 0.4) is 0 Å². The van der Waals surface area contributed by atoms with Crippen molar-refractivity contribution in [2.24, 2.45) is 0 Å². The van der Waals surface area contributed by atoms with Crippen LogP contribution in [0.25, 0.3) is 17.0 Å². The van der Waals surface area contributed by atoms with Crippen LogP contribution >= 0.6 is 0 Å².